The highest BCUT2D eigenvalue weighted by Gasteiger charge is 2.47. The number of carbonyl (C=O) groups is 1. The summed E-state index contributed by atoms with van der Waals surface area (Å²) in [5.74, 6) is -0.746. The van der Waals surface area contributed by atoms with E-state index in [4.69, 9.17) is 16.7 Å². The van der Waals surface area contributed by atoms with Crippen molar-refractivity contribution in [1.82, 2.24) is 0 Å². The first-order chi connectivity index (χ1) is 7.03. The van der Waals surface area contributed by atoms with Crippen molar-refractivity contribution in [3.63, 3.8) is 0 Å². The van der Waals surface area contributed by atoms with Gasteiger partial charge in [-0.05, 0) is 37.0 Å². The van der Waals surface area contributed by atoms with E-state index in [9.17, 15) is 4.79 Å². The van der Waals surface area contributed by atoms with Crippen molar-refractivity contribution in [2.45, 2.75) is 31.6 Å². The molecular formula is C12H13ClO2. The summed E-state index contributed by atoms with van der Waals surface area (Å²) >= 11 is 6.14. The van der Waals surface area contributed by atoms with Gasteiger partial charge >= 0.3 is 5.97 Å². The molecule has 80 valence electrons. The van der Waals surface area contributed by atoms with E-state index in [2.05, 4.69) is 0 Å². The Morgan fingerprint density at radius 2 is 2.20 bits per heavy atom. The Morgan fingerprint density at radius 1 is 1.53 bits per heavy atom. The lowest BCUT2D eigenvalue weighted by Crippen LogP contribution is -2.13. The van der Waals surface area contributed by atoms with Gasteiger partial charge in [-0.25, -0.2) is 0 Å². The van der Waals surface area contributed by atoms with Crippen LogP contribution >= 0.6 is 11.6 Å². The molecular weight excluding hydrogens is 212 g/mol. The van der Waals surface area contributed by atoms with Crippen LogP contribution < -0.4 is 0 Å². The molecule has 1 saturated carbocycles. The summed E-state index contributed by atoms with van der Waals surface area (Å²) in [5, 5.41) is 9.56. The largest absolute Gasteiger partial charge is 0.481 e. The first-order valence-electron chi connectivity index (χ1n) is 5.02. The summed E-state index contributed by atoms with van der Waals surface area (Å²) in [5.41, 5.74) is 1.92. The van der Waals surface area contributed by atoms with Gasteiger partial charge in [0.25, 0.3) is 0 Å². The molecule has 1 N–H and O–H groups in total. The number of benzene rings is 1. The van der Waals surface area contributed by atoms with Gasteiger partial charge < -0.3 is 5.11 Å². The Balaban J connectivity index is 2.33. The topological polar surface area (TPSA) is 37.3 Å². The second-order valence-corrected chi connectivity index (χ2v) is 4.74. The molecule has 2 rings (SSSR count). The average molecular weight is 225 g/mol. The van der Waals surface area contributed by atoms with Gasteiger partial charge in [-0.3, -0.25) is 4.79 Å². The number of rotatable bonds is 3. The summed E-state index contributed by atoms with van der Waals surface area (Å²) in [7, 11) is 0. The van der Waals surface area contributed by atoms with E-state index >= 15 is 0 Å². The van der Waals surface area contributed by atoms with E-state index in [0.717, 1.165) is 24.0 Å². The number of halogens is 1. The molecule has 1 aromatic rings. The van der Waals surface area contributed by atoms with Gasteiger partial charge in [0.15, 0.2) is 0 Å². The van der Waals surface area contributed by atoms with Crippen LogP contribution in [0.4, 0.5) is 0 Å². The van der Waals surface area contributed by atoms with Crippen molar-refractivity contribution >= 4 is 17.6 Å². The maximum atomic E-state index is 10.8. The SMILES string of the molecule is Cc1ccc(C2(CC(=O)O)CC2)c(Cl)c1. The lowest BCUT2D eigenvalue weighted by Gasteiger charge is -2.15. The molecule has 3 heteroatoms. The molecule has 1 aliphatic rings. The fourth-order valence-electron chi connectivity index (χ4n) is 2.03. The molecule has 2 nitrogen and oxygen atoms in total. The third kappa shape index (κ3) is 2.00. The van der Waals surface area contributed by atoms with Crippen LogP contribution in [0.1, 0.15) is 30.4 Å². The van der Waals surface area contributed by atoms with Crippen LogP contribution in [0, 0.1) is 6.92 Å². The molecule has 0 aliphatic heterocycles. The standard InChI is InChI=1S/C12H13ClO2/c1-8-2-3-9(10(13)6-8)12(4-5-12)7-11(14)15/h2-3,6H,4-5,7H2,1H3,(H,14,15). The Morgan fingerprint density at radius 3 is 2.67 bits per heavy atom. The Kier molecular flexibility index (Phi) is 2.47. The van der Waals surface area contributed by atoms with Crippen LogP contribution in [0.5, 0.6) is 0 Å². The Bertz CT molecular complexity index is 408. The van der Waals surface area contributed by atoms with Crippen molar-refractivity contribution in [3.8, 4) is 0 Å². The third-order valence-corrected chi connectivity index (χ3v) is 3.35. The zero-order valence-electron chi connectivity index (χ0n) is 8.59. The summed E-state index contributed by atoms with van der Waals surface area (Å²) in [6.45, 7) is 1.98. The smallest absolute Gasteiger partial charge is 0.304 e. The quantitative estimate of drug-likeness (QED) is 0.857. The average Bonchev–Trinajstić information content (AvgIpc) is 2.83. The molecule has 0 radical (unpaired) electrons. The number of carboxylic acids is 1. The normalized spacial score (nSPS) is 17.5. The van der Waals surface area contributed by atoms with Gasteiger partial charge in [0.2, 0.25) is 0 Å². The van der Waals surface area contributed by atoms with Gasteiger partial charge in [-0.1, -0.05) is 23.7 Å². The van der Waals surface area contributed by atoms with E-state index in [1.165, 1.54) is 0 Å². The summed E-state index contributed by atoms with van der Waals surface area (Å²) in [6, 6.07) is 5.86. The fourth-order valence-corrected chi connectivity index (χ4v) is 2.47. The number of aliphatic carboxylic acids is 1. The first kappa shape index (κ1) is 10.5. The summed E-state index contributed by atoms with van der Waals surface area (Å²) < 4.78 is 0. The third-order valence-electron chi connectivity index (χ3n) is 3.04. The van der Waals surface area contributed by atoms with E-state index in [-0.39, 0.29) is 11.8 Å². The van der Waals surface area contributed by atoms with Gasteiger partial charge in [-0.2, -0.15) is 0 Å². The molecule has 1 aliphatic carbocycles. The van der Waals surface area contributed by atoms with E-state index < -0.39 is 5.97 Å². The van der Waals surface area contributed by atoms with Gasteiger partial charge in [-0.15, -0.1) is 0 Å². The van der Waals surface area contributed by atoms with Gasteiger partial charge in [0.05, 0.1) is 6.42 Å². The number of carboxylic acid groups (broad SMARTS) is 1. The second-order valence-electron chi connectivity index (χ2n) is 4.33. The Labute approximate surface area is 93.9 Å². The molecule has 0 spiro atoms. The maximum absolute atomic E-state index is 10.8. The number of hydrogen-bond donors (Lipinski definition) is 1. The van der Waals surface area contributed by atoms with Crippen LogP contribution in [0.15, 0.2) is 18.2 Å². The van der Waals surface area contributed by atoms with Crippen LogP contribution in [0.3, 0.4) is 0 Å². The second kappa shape index (κ2) is 3.53. The molecule has 0 atom stereocenters. The van der Waals surface area contributed by atoms with Gasteiger partial charge in [0.1, 0.15) is 0 Å². The molecule has 0 heterocycles. The highest BCUT2D eigenvalue weighted by atomic mass is 35.5. The van der Waals surface area contributed by atoms with Gasteiger partial charge in [0, 0.05) is 10.4 Å². The van der Waals surface area contributed by atoms with Crippen LogP contribution in [0.25, 0.3) is 0 Å². The summed E-state index contributed by atoms with van der Waals surface area (Å²) in [6.07, 6.45) is 2.06. The molecule has 0 unspecified atom stereocenters. The van der Waals surface area contributed by atoms with Crippen LogP contribution in [0.2, 0.25) is 5.02 Å². The zero-order chi connectivity index (χ0) is 11.1. The number of hydrogen-bond acceptors (Lipinski definition) is 1. The van der Waals surface area contributed by atoms with E-state index in [1.807, 2.05) is 25.1 Å². The van der Waals surface area contributed by atoms with E-state index in [1.54, 1.807) is 0 Å². The molecule has 1 fully saturated rings. The Hall–Kier alpha value is -1.02. The minimum atomic E-state index is -0.746. The maximum Gasteiger partial charge on any atom is 0.304 e. The highest BCUT2D eigenvalue weighted by molar-refractivity contribution is 6.31. The minimum Gasteiger partial charge on any atom is -0.481 e. The van der Waals surface area contributed by atoms with Crippen molar-refractivity contribution in [1.29, 1.82) is 0 Å². The predicted molar refractivity (Wildman–Crippen MR) is 59.4 cm³/mol. The molecule has 0 bridgehead atoms. The van der Waals surface area contributed by atoms with Crippen molar-refractivity contribution in [2.24, 2.45) is 0 Å². The summed E-state index contributed by atoms with van der Waals surface area (Å²) in [4.78, 5) is 10.8. The lowest BCUT2D eigenvalue weighted by molar-refractivity contribution is -0.137. The highest BCUT2D eigenvalue weighted by Crippen LogP contribution is 2.53. The van der Waals surface area contributed by atoms with E-state index in [0.29, 0.717) is 5.02 Å². The lowest BCUT2D eigenvalue weighted by atomic mass is 9.92. The van der Waals surface area contributed by atoms with Crippen molar-refractivity contribution in [3.05, 3.63) is 34.3 Å². The fraction of sp³-hybridized carbons (Fsp3) is 0.417. The zero-order valence-corrected chi connectivity index (χ0v) is 9.34. The molecule has 0 amide bonds. The first-order valence-corrected chi connectivity index (χ1v) is 5.40. The van der Waals surface area contributed by atoms with Crippen molar-refractivity contribution < 1.29 is 9.90 Å². The molecule has 0 saturated heterocycles. The molecule has 0 aromatic heterocycles. The number of aryl methyl sites for hydroxylation is 1. The van der Waals surface area contributed by atoms with Crippen molar-refractivity contribution in [2.75, 3.05) is 0 Å². The molecule has 15 heavy (non-hydrogen) atoms. The monoisotopic (exact) mass is 224 g/mol. The molecule has 1 aromatic carbocycles. The van der Waals surface area contributed by atoms with Crippen LogP contribution in [-0.2, 0) is 10.2 Å². The van der Waals surface area contributed by atoms with Crippen LogP contribution in [-0.4, -0.2) is 11.1 Å². The minimum absolute atomic E-state index is 0.184. The predicted octanol–water partition coefficient (Wildman–Crippen LogP) is 3.15.